The van der Waals surface area contributed by atoms with E-state index < -0.39 is 10.0 Å². The Morgan fingerprint density at radius 2 is 1.71 bits per heavy atom. The summed E-state index contributed by atoms with van der Waals surface area (Å²) in [4.78, 5) is 12.2. The van der Waals surface area contributed by atoms with Gasteiger partial charge < -0.3 is 5.32 Å². The Hall–Kier alpha value is -2.34. The van der Waals surface area contributed by atoms with Crippen LogP contribution in [0.5, 0.6) is 0 Å². The molecule has 0 bridgehead atoms. The number of nitrogens with zero attached hydrogens (tertiary/aromatic N) is 1. The van der Waals surface area contributed by atoms with Crippen molar-refractivity contribution in [2.24, 2.45) is 5.92 Å². The van der Waals surface area contributed by atoms with Crippen LogP contribution in [0, 0.1) is 19.8 Å². The van der Waals surface area contributed by atoms with Crippen molar-refractivity contribution in [2.75, 3.05) is 17.1 Å². The first kappa shape index (κ1) is 22.0. The molecule has 0 saturated carbocycles. The van der Waals surface area contributed by atoms with Crippen molar-refractivity contribution in [3.63, 3.8) is 0 Å². The number of carbonyl (C=O) groups is 1. The van der Waals surface area contributed by atoms with E-state index in [0.717, 1.165) is 23.1 Å². The zero-order chi connectivity index (χ0) is 20.9. The lowest BCUT2D eigenvalue weighted by atomic mass is 10.1. The molecule has 2 aromatic rings. The normalized spacial score (nSPS) is 11.5. The van der Waals surface area contributed by atoms with Gasteiger partial charge in [-0.3, -0.25) is 9.10 Å². The van der Waals surface area contributed by atoms with E-state index in [2.05, 4.69) is 19.2 Å². The summed E-state index contributed by atoms with van der Waals surface area (Å²) in [5, 5.41) is 2.91. The third kappa shape index (κ3) is 6.09. The molecule has 0 spiro atoms. The number of nitrogens with one attached hydrogen (secondary N) is 1. The second kappa shape index (κ2) is 9.24. The van der Waals surface area contributed by atoms with Gasteiger partial charge in [0.15, 0.2) is 0 Å². The molecule has 0 aromatic heterocycles. The maximum Gasteiger partial charge on any atom is 0.251 e. The van der Waals surface area contributed by atoms with Crippen molar-refractivity contribution < 1.29 is 13.2 Å². The maximum atomic E-state index is 12.4. The van der Waals surface area contributed by atoms with Crippen molar-refractivity contribution in [2.45, 2.75) is 40.7 Å². The molecule has 152 valence electrons. The summed E-state index contributed by atoms with van der Waals surface area (Å²) in [7, 11) is -3.45. The van der Waals surface area contributed by atoms with Crippen molar-refractivity contribution in [1.82, 2.24) is 5.32 Å². The summed E-state index contributed by atoms with van der Waals surface area (Å²) in [6.45, 7) is 8.94. The average Bonchev–Trinajstić information content (AvgIpc) is 2.61. The minimum absolute atomic E-state index is 0.110. The van der Waals surface area contributed by atoms with Crippen LogP contribution in [0.2, 0.25) is 0 Å². The molecular weight excluding hydrogens is 372 g/mol. The highest BCUT2D eigenvalue weighted by atomic mass is 32.2. The third-order valence-electron chi connectivity index (χ3n) is 4.58. The van der Waals surface area contributed by atoms with Gasteiger partial charge in [-0.25, -0.2) is 8.42 Å². The van der Waals surface area contributed by atoms with Crippen LogP contribution in [0.25, 0.3) is 0 Å². The van der Waals surface area contributed by atoms with E-state index in [-0.39, 0.29) is 12.5 Å². The summed E-state index contributed by atoms with van der Waals surface area (Å²) in [5.41, 5.74) is 3.98. The second-order valence-electron chi connectivity index (χ2n) is 7.69. The molecule has 1 amide bonds. The molecule has 0 aliphatic carbocycles. The topological polar surface area (TPSA) is 66.5 Å². The molecule has 28 heavy (non-hydrogen) atoms. The molecule has 0 unspecified atom stereocenters. The van der Waals surface area contributed by atoms with Gasteiger partial charge in [0.05, 0.1) is 18.5 Å². The smallest absolute Gasteiger partial charge is 0.251 e. The van der Waals surface area contributed by atoms with Gasteiger partial charge in [-0.1, -0.05) is 38.1 Å². The third-order valence-corrected chi connectivity index (χ3v) is 5.71. The van der Waals surface area contributed by atoms with Gasteiger partial charge in [-0.05, 0) is 61.1 Å². The minimum Gasteiger partial charge on any atom is -0.352 e. The lowest BCUT2D eigenvalue weighted by Crippen LogP contribution is -2.30. The summed E-state index contributed by atoms with van der Waals surface area (Å²) >= 11 is 0. The first-order valence-electron chi connectivity index (χ1n) is 9.50. The SMILES string of the molecule is Cc1ccc(C)c(N(Cc2ccc(C(=O)NCCC(C)C)cc2)S(C)(=O)=O)c1. The van der Waals surface area contributed by atoms with Crippen molar-refractivity contribution in [3.8, 4) is 0 Å². The summed E-state index contributed by atoms with van der Waals surface area (Å²) < 4.78 is 26.2. The Bertz CT molecular complexity index is 919. The van der Waals surface area contributed by atoms with Gasteiger partial charge >= 0.3 is 0 Å². The largest absolute Gasteiger partial charge is 0.352 e. The summed E-state index contributed by atoms with van der Waals surface area (Å²) in [5.74, 6) is 0.427. The quantitative estimate of drug-likeness (QED) is 0.724. The van der Waals surface area contributed by atoms with Crippen LogP contribution in [0.15, 0.2) is 42.5 Å². The van der Waals surface area contributed by atoms with E-state index in [0.29, 0.717) is 23.7 Å². The number of hydrogen-bond acceptors (Lipinski definition) is 3. The Kier molecular flexibility index (Phi) is 7.24. The van der Waals surface area contributed by atoms with E-state index >= 15 is 0 Å². The molecule has 0 heterocycles. The van der Waals surface area contributed by atoms with E-state index in [1.807, 2.05) is 32.0 Å². The Morgan fingerprint density at radius 3 is 2.29 bits per heavy atom. The van der Waals surface area contributed by atoms with Crippen LogP contribution in [0.4, 0.5) is 5.69 Å². The van der Waals surface area contributed by atoms with E-state index in [1.165, 1.54) is 10.6 Å². The van der Waals surface area contributed by atoms with Crippen molar-refractivity contribution in [1.29, 1.82) is 0 Å². The number of anilines is 1. The highest BCUT2D eigenvalue weighted by Crippen LogP contribution is 2.26. The van der Waals surface area contributed by atoms with Crippen LogP contribution in [0.3, 0.4) is 0 Å². The second-order valence-corrected chi connectivity index (χ2v) is 9.60. The van der Waals surface area contributed by atoms with Crippen molar-refractivity contribution in [3.05, 3.63) is 64.7 Å². The number of aryl methyl sites for hydroxylation is 2. The fourth-order valence-corrected chi connectivity index (χ4v) is 3.81. The van der Waals surface area contributed by atoms with Crippen molar-refractivity contribution >= 4 is 21.6 Å². The Labute approximate surface area is 168 Å². The summed E-state index contributed by atoms with van der Waals surface area (Å²) in [6, 6.07) is 12.9. The number of sulfonamides is 1. The Morgan fingerprint density at radius 1 is 1.07 bits per heavy atom. The zero-order valence-electron chi connectivity index (χ0n) is 17.3. The molecule has 0 saturated heterocycles. The molecule has 0 aliphatic heterocycles. The van der Waals surface area contributed by atoms with Gasteiger partial charge in [-0.15, -0.1) is 0 Å². The lowest BCUT2D eigenvalue weighted by Gasteiger charge is -2.25. The highest BCUT2D eigenvalue weighted by Gasteiger charge is 2.20. The molecule has 1 N–H and O–H groups in total. The lowest BCUT2D eigenvalue weighted by molar-refractivity contribution is 0.0952. The number of rotatable bonds is 8. The number of carbonyl (C=O) groups excluding carboxylic acids is 1. The van der Waals surface area contributed by atoms with Crippen LogP contribution in [-0.2, 0) is 16.6 Å². The van der Waals surface area contributed by atoms with E-state index in [4.69, 9.17) is 0 Å². The number of hydrogen-bond donors (Lipinski definition) is 1. The molecule has 0 radical (unpaired) electrons. The van der Waals surface area contributed by atoms with Gasteiger partial charge in [0, 0.05) is 12.1 Å². The average molecular weight is 403 g/mol. The zero-order valence-corrected chi connectivity index (χ0v) is 18.1. The van der Waals surface area contributed by atoms with Crippen LogP contribution in [-0.4, -0.2) is 27.1 Å². The molecule has 0 atom stereocenters. The first-order valence-corrected chi connectivity index (χ1v) is 11.3. The van der Waals surface area contributed by atoms with Crippen LogP contribution < -0.4 is 9.62 Å². The fourth-order valence-electron chi connectivity index (χ4n) is 2.87. The predicted octanol–water partition coefficient (Wildman–Crippen LogP) is 4.05. The monoisotopic (exact) mass is 402 g/mol. The molecule has 6 heteroatoms. The molecule has 0 aliphatic rings. The maximum absolute atomic E-state index is 12.4. The van der Waals surface area contributed by atoms with Gasteiger partial charge in [0.1, 0.15) is 0 Å². The van der Waals surface area contributed by atoms with Gasteiger partial charge in [0.2, 0.25) is 10.0 Å². The van der Waals surface area contributed by atoms with Gasteiger partial charge in [-0.2, -0.15) is 0 Å². The van der Waals surface area contributed by atoms with E-state index in [1.54, 1.807) is 24.3 Å². The van der Waals surface area contributed by atoms with Crippen LogP contribution in [0.1, 0.15) is 47.3 Å². The minimum atomic E-state index is -3.45. The molecule has 0 fully saturated rings. The summed E-state index contributed by atoms with van der Waals surface area (Å²) in [6.07, 6.45) is 2.15. The fraction of sp³-hybridized carbons (Fsp3) is 0.409. The van der Waals surface area contributed by atoms with Crippen LogP contribution >= 0.6 is 0 Å². The molecular formula is C22H30N2O3S. The predicted molar refractivity (Wildman–Crippen MR) is 115 cm³/mol. The van der Waals surface area contributed by atoms with E-state index in [9.17, 15) is 13.2 Å². The number of amides is 1. The molecule has 5 nitrogen and oxygen atoms in total. The standard InChI is InChI=1S/C22H30N2O3S/c1-16(2)12-13-23-22(25)20-10-8-19(9-11-20)15-24(28(5,26)27)21-14-17(3)6-7-18(21)4/h6-11,14,16H,12-13,15H2,1-5H3,(H,23,25). The molecule has 2 rings (SSSR count). The van der Waals surface area contributed by atoms with Gasteiger partial charge in [0.25, 0.3) is 5.91 Å². The Balaban J connectivity index is 2.18. The number of benzene rings is 2. The highest BCUT2D eigenvalue weighted by molar-refractivity contribution is 7.92. The molecule has 2 aromatic carbocycles. The first-order chi connectivity index (χ1) is 13.1.